The average molecular weight is 302 g/mol. The molecule has 0 spiro atoms. The minimum atomic E-state index is -4.33. The second kappa shape index (κ2) is 5.94. The summed E-state index contributed by atoms with van der Waals surface area (Å²) < 4.78 is 44.1. The maximum atomic E-state index is 12.7. The molecule has 118 valence electrons. The van der Waals surface area contributed by atoms with E-state index in [1.165, 1.54) is 6.07 Å². The van der Waals surface area contributed by atoms with Crippen LogP contribution < -0.4 is 11.3 Å². The first-order chi connectivity index (χ1) is 9.78. The topological polar surface area (TPSA) is 47.3 Å². The van der Waals surface area contributed by atoms with Crippen LogP contribution in [0.25, 0.3) is 0 Å². The Labute approximate surface area is 122 Å². The number of alkyl halides is 3. The van der Waals surface area contributed by atoms with Crippen LogP contribution in [0.4, 0.5) is 13.2 Å². The molecule has 3 nitrogen and oxygen atoms in total. The Bertz CT molecular complexity index is 496. The number of rotatable bonds is 3. The van der Waals surface area contributed by atoms with Gasteiger partial charge in [0, 0.05) is 6.61 Å². The Morgan fingerprint density at radius 1 is 1.33 bits per heavy atom. The number of nitrogens with one attached hydrogen (secondary N) is 1. The van der Waals surface area contributed by atoms with Crippen molar-refractivity contribution >= 4 is 0 Å². The maximum Gasteiger partial charge on any atom is 0.416 e. The zero-order valence-corrected chi connectivity index (χ0v) is 12.3. The Morgan fingerprint density at radius 3 is 2.52 bits per heavy atom. The van der Waals surface area contributed by atoms with E-state index in [9.17, 15) is 13.2 Å². The summed E-state index contributed by atoms with van der Waals surface area (Å²) in [5.74, 6) is 5.66. The number of nitrogens with two attached hydrogens (primary N) is 1. The Hall–Kier alpha value is -1.11. The van der Waals surface area contributed by atoms with Crippen LogP contribution in [0.5, 0.6) is 0 Å². The van der Waals surface area contributed by atoms with Crippen molar-refractivity contribution in [2.45, 2.75) is 50.9 Å². The van der Waals surface area contributed by atoms with Gasteiger partial charge in [-0.25, -0.2) is 0 Å². The molecule has 6 heteroatoms. The molecular formula is C15H21F3N2O. The normalized spacial score (nSPS) is 24.9. The highest BCUT2D eigenvalue weighted by molar-refractivity contribution is 5.36. The molecule has 2 atom stereocenters. The zero-order valence-electron chi connectivity index (χ0n) is 12.3. The van der Waals surface area contributed by atoms with Crippen molar-refractivity contribution in [1.29, 1.82) is 0 Å². The third-order valence-corrected chi connectivity index (χ3v) is 4.18. The molecule has 1 aliphatic rings. The molecule has 1 saturated heterocycles. The van der Waals surface area contributed by atoms with Gasteiger partial charge in [-0.2, -0.15) is 13.2 Å². The molecule has 0 aliphatic carbocycles. The van der Waals surface area contributed by atoms with Crippen LogP contribution in [0.3, 0.4) is 0 Å². The van der Waals surface area contributed by atoms with Gasteiger partial charge < -0.3 is 4.74 Å². The van der Waals surface area contributed by atoms with Crippen molar-refractivity contribution in [2.24, 2.45) is 5.84 Å². The summed E-state index contributed by atoms with van der Waals surface area (Å²) in [6.45, 7) is 4.27. The van der Waals surface area contributed by atoms with Crippen LogP contribution in [0, 0.1) is 6.92 Å². The monoisotopic (exact) mass is 302 g/mol. The van der Waals surface area contributed by atoms with Gasteiger partial charge in [-0.3, -0.25) is 11.3 Å². The number of aryl methyl sites for hydroxylation is 1. The third kappa shape index (κ3) is 3.39. The van der Waals surface area contributed by atoms with Crippen LogP contribution in [-0.4, -0.2) is 12.2 Å². The third-order valence-electron chi connectivity index (χ3n) is 4.18. The van der Waals surface area contributed by atoms with Gasteiger partial charge in [-0.05, 0) is 56.4 Å². The fourth-order valence-corrected chi connectivity index (χ4v) is 2.95. The quantitative estimate of drug-likeness (QED) is 0.664. The minimum Gasteiger partial charge on any atom is -0.373 e. The van der Waals surface area contributed by atoms with Crippen LogP contribution in [-0.2, 0) is 10.9 Å². The van der Waals surface area contributed by atoms with Crippen molar-refractivity contribution in [3.63, 3.8) is 0 Å². The lowest BCUT2D eigenvalue weighted by Gasteiger charge is -2.41. The van der Waals surface area contributed by atoms with E-state index >= 15 is 0 Å². The molecule has 21 heavy (non-hydrogen) atoms. The second-order valence-electron chi connectivity index (χ2n) is 5.79. The lowest BCUT2D eigenvalue weighted by molar-refractivity contribution is -0.137. The summed E-state index contributed by atoms with van der Waals surface area (Å²) in [5, 5.41) is 0. The first-order valence-corrected chi connectivity index (χ1v) is 7.06. The van der Waals surface area contributed by atoms with Crippen LogP contribution in [0.1, 0.15) is 48.9 Å². The van der Waals surface area contributed by atoms with Crippen molar-refractivity contribution in [1.82, 2.24) is 5.43 Å². The van der Waals surface area contributed by atoms with E-state index < -0.39 is 17.3 Å². The first kappa shape index (κ1) is 16.3. The second-order valence-corrected chi connectivity index (χ2v) is 5.79. The average Bonchev–Trinajstić information content (AvgIpc) is 2.41. The molecule has 1 heterocycles. The van der Waals surface area contributed by atoms with Crippen molar-refractivity contribution in [3.8, 4) is 0 Å². The zero-order chi connectivity index (χ0) is 15.7. The van der Waals surface area contributed by atoms with Crippen LogP contribution in [0.2, 0.25) is 0 Å². The Morgan fingerprint density at radius 2 is 2.05 bits per heavy atom. The van der Waals surface area contributed by atoms with Gasteiger partial charge in [0.15, 0.2) is 0 Å². The lowest BCUT2D eigenvalue weighted by Crippen LogP contribution is -2.48. The van der Waals surface area contributed by atoms with Gasteiger partial charge in [-0.15, -0.1) is 0 Å². The summed E-state index contributed by atoms with van der Waals surface area (Å²) in [7, 11) is 0. The van der Waals surface area contributed by atoms with Gasteiger partial charge in [0.1, 0.15) is 0 Å². The molecular weight excluding hydrogens is 281 g/mol. The summed E-state index contributed by atoms with van der Waals surface area (Å²) in [5.41, 5.74) is 2.88. The SMILES string of the molecule is Cc1cc(C(F)(F)F)ccc1C(NN)C1(C)CCCCO1. The van der Waals surface area contributed by atoms with E-state index in [0.29, 0.717) is 12.2 Å². The molecule has 0 aromatic heterocycles. The first-order valence-electron chi connectivity index (χ1n) is 7.06. The highest BCUT2D eigenvalue weighted by atomic mass is 19.4. The van der Waals surface area contributed by atoms with Crippen molar-refractivity contribution in [2.75, 3.05) is 6.61 Å². The molecule has 2 rings (SSSR count). The van der Waals surface area contributed by atoms with Crippen molar-refractivity contribution < 1.29 is 17.9 Å². The highest BCUT2D eigenvalue weighted by Crippen LogP contribution is 2.38. The largest absolute Gasteiger partial charge is 0.416 e. The lowest BCUT2D eigenvalue weighted by atomic mass is 9.82. The van der Waals surface area contributed by atoms with Gasteiger partial charge in [0.25, 0.3) is 0 Å². The van der Waals surface area contributed by atoms with E-state index in [4.69, 9.17) is 10.6 Å². The molecule has 1 aliphatic heterocycles. The van der Waals surface area contributed by atoms with Crippen LogP contribution in [0.15, 0.2) is 18.2 Å². The summed E-state index contributed by atoms with van der Waals surface area (Å²) in [6.07, 6.45) is -1.49. The molecule has 3 N–H and O–H groups in total. The summed E-state index contributed by atoms with van der Waals surface area (Å²) >= 11 is 0. The van der Waals surface area contributed by atoms with Gasteiger partial charge in [-0.1, -0.05) is 6.07 Å². The Balaban J connectivity index is 2.34. The number of ether oxygens (including phenoxy) is 1. The number of benzene rings is 1. The summed E-state index contributed by atoms with van der Waals surface area (Å²) in [4.78, 5) is 0. The van der Waals surface area contributed by atoms with E-state index in [2.05, 4.69) is 5.43 Å². The molecule has 2 unspecified atom stereocenters. The van der Waals surface area contributed by atoms with Crippen LogP contribution >= 0.6 is 0 Å². The molecule has 1 fully saturated rings. The number of hydrogen-bond acceptors (Lipinski definition) is 3. The fourth-order valence-electron chi connectivity index (χ4n) is 2.95. The fraction of sp³-hybridized carbons (Fsp3) is 0.600. The standard InChI is InChI=1S/C15H21F3N2O/c1-10-9-11(15(16,17)18)5-6-12(10)13(20-19)14(2)7-3-4-8-21-14/h5-6,9,13,20H,3-4,7-8,19H2,1-2H3. The Kier molecular flexibility index (Phi) is 4.60. The number of hydrazine groups is 1. The van der Waals surface area contributed by atoms with Gasteiger partial charge in [0.05, 0.1) is 17.2 Å². The molecule has 0 radical (unpaired) electrons. The van der Waals surface area contributed by atoms with E-state index in [1.807, 2.05) is 6.92 Å². The molecule has 1 aromatic rings. The van der Waals surface area contributed by atoms with E-state index in [0.717, 1.165) is 37.0 Å². The molecule has 0 amide bonds. The predicted molar refractivity (Wildman–Crippen MR) is 74.5 cm³/mol. The highest BCUT2D eigenvalue weighted by Gasteiger charge is 2.39. The number of hydrogen-bond donors (Lipinski definition) is 2. The number of halogens is 3. The molecule has 0 bridgehead atoms. The molecule has 0 saturated carbocycles. The minimum absolute atomic E-state index is 0.333. The molecule has 1 aromatic carbocycles. The smallest absolute Gasteiger partial charge is 0.373 e. The predicted octanol–water partition coefficient (Wildman–Crippen LogP) is 3.48. The van der Waals surface area contributed by atoms with Gasteiger partial charge in [0.2, 0.25) is 0 Å². The summed E-state index contributed by atoms with van der Waals surface area (Å²) in [6, 6.07) is 3.41. The maximum absolute atomic E-state index is 12.7. The van der Waals surface area contributed by atoms with Crippen molar-refractivity contribution in [3.05, 3.63) is 34.9 Å². The van der Waals surface area contributed by atoms with Gasteiger partial charge >= 0.3 is 6.18 Å². The van der Waals surface area contributed by atoms with E-state index in [-0.39, 0.29) is 6.04 Å². The van der Waals surface area contributed by atoms with E-state index in [1.54, 1.807) is 6.92 Å².